The average Bonchev–Trinajstić information content (AvgIpc) is 2.65. The largest absolute Gasteiger partial charge is 1.00 e. The van der Waals surface area contributed by atoms with Crippen molar-refractivity contribution in [3.8, 4) is 0 Å². The zero-order valence-corrected chi connectivity index (χ0v) is 15.9. The molecule has 0 aliphatic carbocycles. The maximum atomic E-state index is 7.50. The lowest BCUT2D eigenvalue weighted by molar-refractivity contribution is -0.00000534. The molecule has 0 saturated heterocycles. The third-order valence-electron chi connectivity index (χ3n) is 3.82. The Labute approximate surface area is 156 Å². The van der Waals surface area contributed by atoms with Crippen LogP contribution in [-0.2, 0) is 4.79 Å². The Morgan fingerprint density at radius 2 is 0.783 bits per heavy atom. The molecule has 0 unspecified atom stereocenters. The lowest BCUT2D eigenvalue weighted by atomic mass is 10.4. The fourth-order valence-corrected chi connectivity index (χ4v) is 5.83. The van der Waals surface area contributed by atoms with E-state index in [0.29, 0.717) is 0 Å². The number of benzene rings is 3. The van der Waals surface area contributed by atoms with Crippen LogP contribution in [0.1, 0.15) is 0 Å². The first-order valence-electron chi connectivity index (χ1n) is 7.05. The Balaban J connectivity index is 0.000000849. The van der Waals surface area contributed by atoms with E-state index >= 15 is 0 Å². The van der Waals surface area contributed by atoms with Gasteiger partial charge in [0.1, 0.15) is 23.2 Å². The summed E-state index contributed by atoms with van der Waals surface area (Å²) >= 11 is 0. The fourth-order valence-electron chi connectivity index (χ4n) is 2.63. The first kappa shape index (κ1) is 19.5. The highest BCUT2D eigenvalue weighted by Crippen LogP contribution is 2.51. The summed E-state index contributed by atoms with van der Waals surface area (Å²) in [5.41, 5.74) is 0. The second-order valence-electron chi connectivity index (χ2n) is 5.01. The second-order valence-corrected chi connectivity index (χ2v) is 8.57. The fraction of sp³-hybridized carbons (Fsp3) is 0.0500. The highest BCUT2D eigenvalue weighted by Gasteiger charge is 2.39. The van der Waals surface area contributed by atoms with E-state index in [1.807, 2.05) is 0 Å². The van der Waals surface area contributed by atoms with Gasteiger partial charge in [0.15, 0.2) is 0 Å². The number of rotatable bonds is 3. The zero-order chi connectivity index (χ0) is 15.8. The summed E-state index contributed by atoms with van der Waals surface area (Å²) in [6.45, 7) is 6.91. The Morgan fingerprint density at radius 3 is 1.00 bits per heavy atom. The topological polar surface area (TPSA) is 17.1 Å². The van der Waals surface area contributed by atoms with Crippen molar-refractivity contribution in [2.75, 3.05) is 6.66 Å². The molecule has 116 valence electrons. The third kappa shape index (κ3) is 4.27. The molecule has 23 heavy (non-hydrogen) atoms. The molecule has 0 atom stereocenters. The van der Waals surface area contributed by atoms with E-state index in [1.54, 1.807) is 0 Å². The van der Waals surface area contributed by atoms with Crippen molar-refractivity contribution in [3.63, 3.8) is 0 Å². The second kappa shape index (κ2) is 9.59. The van der Waals surface area contributed by atoms with Gasteiger partial charge >= 0.3 is 0 Å². The molecule has 3 rings (SSSR count). The highest BCUT2D eigenvalue weighted by atomic mass is 127. The SMILES string of the molecule is C[P+](c1ccccc1)(c1ccccc1)c1ccccc1.[C]=O.[I-]. The molecule has 3 aromatic carbocycles. The van der Waals surface area contributed by atoms with Crippen molar-refractivity contribution in [2.24, 2.45) is 0 Å². The van der Waals surface area contributed by atoms with Crippen molar-refractivity contribution in [2.45, 2.75) is 0 Å². The van der Waals surface area contributed by atoms with Gasteiger partial charge in [-0.05, 0) is 36.4 Å². The molecule has 0 N–H and O–H groups in total. The zero-order valence-electron chi connectivity index (χ0n) is 12.9. The van der Waals surface area contributed by atoms with Crippen LogP contribution < -0.4 is 39.9 Å². The third-order valence-corrected chi connectivity index (χ3v) is 7.81. The van der Waals surface area contributed by atoms with E-state index in [4.69, 9.17) is 4.79 Å². The maximum Gasteiger partial charge on any atom is 0.281 e. The van der Waals surface area contributed by atoms with Crippen molar-refractivity contribution in [1.29, 1.82) is 0 Å². The van der Waals surface area contributed by atoms with Crippen LogP contribution in [0, 0.1) is 0 Å². The molecule has 2 radical (unpaired) electrons. The molecule has 0 saturated carbocycles. The highest BCUT2D eigenvalue weighted by molar-refractivity contribution is 7.95. The van der Waals surface area contributed by atoms with E-state index in [9.17, 15) is 0 Å². The van der Waals surface area contributed by atoms with E-state index in [-0.39, 0.29) is 24.0 Å². The summed E-state index contributed by atoms with van der Waals surface area (Å²) in [7, 11) is -1.53. The van der Waals surface area contributed by atoms with Crippen LogP contribution in [0.4, 0.5) is 0 Å². The van der Waals surface area contributed by atoms with Gasteiger partial charge in [-0.3, -0.25) is 4.79 Å². The molecule has 0 heterocycles. The molecular formula is C20H18IOP. The van der Waals surface area contributed by atoms with Gasteiger partial charge < -0.3 is 24.0 Å². The normalized spacial score (nSPS) is 9.96. The van der Waals surface area contributed by atoms with Crippen LogP contribution in [0.3, 0.4) is 0 Å². The lowest BCUT2D eigenvalue weighted by Crippen LogP contribution is -3.00. The number of carbonyl (C=O) groups excluding carboxylic acids is 1. The minimum absolute atomic E-state index is 0. The average molecular weight is 432 g/mol. The van der Waals surface area contributed by atoms with Crippen LogP contribution in [0.2, 0.25) is 0 Å². The molecule has 0 spiro atoms. The van der Waals surface area contributed by atoms with Gasteiger partial charge in [0.2, 0.25) is 0 Å². The van der Waals surface area contributed by atoms with Crippen molar-refractivity contribution in [1.82, 2.24) is 0 Å². The molecule has 1 nitrogen and oxygen atoms in total. The molecule has 0 aromatic heterocycles. The van der Waals surface area contributed by atoms with Gasteiger partial charge in [0.25, 0.3) is 6.79 Å². The van der Waals surface area contributed by atoms with Crippen LogP contribution >= 0.6 is 7.26 Å². The Bertz CT molecular complexity index is 590. The smallest absolute Gasteiger partial charge is 0.281 e. The van der Waals surface area contributed by atoms with Crippen LogP contribution in [-0.4, -0.2) is 13.5 Å². The summed E-state index contributed by atoms with van der Waals surface area (Å²) in [6, 6.07) is 32.6. The van der Waals surface area contributed by atoms with E-state index in [1.165, 1.54) is 15.9 Å². The predicted octanol–water partition coefficient (Wildman–Crippen LogP) is 0.217. The number of hydrogen-bond acceptors (Lipinski definition) is 1. The summed E-state index contributed by atoms with van der Waals surface area (Å²) in [4.78, 5) is 7.50. The Morgan fingerprint density at radius 1 is 0.565 bits per heavy atom. The van der Waals surface area contributed by atoms with Gasteiger partial charge in [-0.2, -0.15) is 0 Å². The lowest BCUT2D eigenvalue weighted by Gasteiger charge is -2.22. The summed E-state index contributed by atoms with van der Waals surface area (Å²) in [5.74, 6) is 0. The number of halogens is 1. The van der Waals surface area contributed by atoms with Crippen molar-refractivity contribution >= 4 is 30.0 Å². The van der Waals surface area contributed by atoms with E-state index < -0.39 is 7.26 Å². The van der Waals surface area contributed by atoms with Gasteiger partial charge in [-0.1, -0.05) is 54.6 Å². The predicted molar refractivity (Wildman–Crippen MR) is 96.8 cm³/mol. The van der Waals surface area contributed by atoms with Crippen LogP contribution in [0.5, 0.6) is 0 Å². The first-order valence-corrected chi connectivity index (χ1v) is 9.29. The van der Waals surface area contributed by atoms with E-state index in [2.05, 4.69) is 104 Å². The Hall–Kier alpha value is -1.51. The molecule has 3 heteroatoms. The Kier molecular flexibility index (Phi) is 8.15. The van der Waals surface area contributed by atoms with E-state index in [0.717, 1.165) is 0 Å². The van der Waals surface area contributed by atoms with Crippen molar-refractivity contribution < 1.29 is 28.8 Å². The molecular weight excluding hydrogens is 414 g/mol. The molecule has 3 aromatic rings. The molecule has 0 amide bonds. The summed E-state index contributed by atoms with van der Waals surface area (Å²) in [5, 5.41) is 4.28. The summed E-state index contributed by atoms with van der Waals surface area (Å²) in [6.07, 6.45) is 0. The first-order chi connectivity index (χ1) is 10.8. The maximum absolute atomic E-state index is 7.50. The van der Waals surface area contributed by atoms with Crippen molar-refractivity contribution in [3.05, 3.63) is 91.0 Å². The monoisotopic (exact) mass is 432 g/mol. The van der Waals surface area contributed by atoms with Crippen LogP contribution in [0.25, 0.3) is 0 Å². The standard InChI is InChI=1S/C19H18P.CO.HI/c1-20(17-11-5-2-6-12-17,18-13-7-3-8-14-18)19-15-9-4-10-16-19;1-2;/h2-16H,1H3;;1H/q+1;;/p-1. The molecule has 0 aliphatic rings. The van der Waals surface area contributed by atoms with Gasteiger partial charge in [-0.25, -0.2) is 0 Å². The van der Waals surface area contributed by atoms with Gasteiger partial charge in [0, 0.05) is 0 Å². The molecule has 0 aliphatic heterocycles. The van der Waals surface area contributed by atoms with Crippen LogP contribution in [0.15, 0.2) is 91.0 Å². The number of hydrogen-bond donors (Lipinski definition) is 0. The minimum atomic E-state index is -1.53. The van der Waals surface area contributed by atoms with Gasteiger partial charge in [-0.15, -0.1) is 0 Å². The molecule has 0 fully saturated rings. The quantitative estimate of drug-likeness (QED) is 0.428. The summed E-state index contributed by atoms with van der Waals surface area (Å²) < 4.78 is 0. The van der Waals surface area contributed by atoms with Gasteiger partial charge in [0.05, 0.1) is 6.66 Å². The molecule has 0 bridgehead atoms. The minimum Gasteiger partial charge on any atom is -1.00 e.